The Hall–Kier alpha value is -0.870. The molecule has 0 spiro atoms. The van der Waals surface area contributed by atoms with E-state index in [0.717, 1.165) is 4.47 Å². The van der Waals surface area contributed by atoms with Gasteiger partial charge in [-0.3, -0.25) is 4.79 Å². The number of halogens is 1. The highest BCUT2D eigenvalue weighted by Gasteiger charge is 2.40. The molecule has 1 aliphatic heterocycles. The minimum Gasteiger partial charge on any atom is -0.366 e. The minimum atomic E-state index is -0.321. The Balaban J connectivity index is 2.27. The van der Waals surface area contributed by atoms with E-state index in [1.807, 2.05) is 56.9 Å². The van der Waals surface area contributed by atoms with Crippen LogP contribution in [0.25, 0.3) is 0 Å². The largest absolute Gasteiger partial charge is 0.366 e. The summed E-state index contributed by atoms with van der Waals surface area (Å²) >= 11 is 3.44. The van der Waals surface area contributed by atoms with Crippen LogP contribution >= 0.6 is 15.9 Å². The number of morpholine rings is 1. The first-order valence-electron chi connectivity index (χ1n) is 6.44. The number of nitrogens with zero attached hydrogens (tertiary/aromatic N) is 1. The second-order valence-electron chi connectivity index (χ2n) is 6.26. The molecule has 1 saturated heterocycles. The molecule has 104 valence electrons. The number of carbonyl (C=O) groups is 1. The maximum atomic E-state index is 12.6. The highest BCUT2D eigenvalue weighted by molar-refractivity contribution is 9.10. The molecule has 4 heteroatoms. The number of benzene rings is 1. The van der Waals surface area contributed by atoms with Gasteiger partial charge in [0.25, 0.3) is 5.91 Å². The normalized spacial score (nSPS) is 21.2. The fourth-order valence-electron chi connectivity index (χ4n) is 2.74. The molecule has 1 aromatic carbocycles. The lowest BCUT2D eigenvalue weighted by Crippen LogP contribution is -2.58. The topological polar surface area (TPSA) is 29.5 Å². The molecule has 0 atom stereocenters. The van der Waals surface area contributed by atoms with Crippen molar-refractivity contribution in [3.8, 4) is 0 Å². The van der Waals surface area contributed by atoms with Crippen LogP contribution in [0.1, 0.15) is 38.1 Å². The third kappa shape index (κ3) is 3.37. The second-order valence-corrected chi connectivity index (χ2v) is 7.12. The van der Waals surface area contributed by atoms with Crippen molar-refractivity contribution < 1.29 is 9.53 Å². The van der Waals surface area contributed by atoms with Crippen LogP contribution in [-0.4, -0.2) is 35.1 Å². The van der Waals surface area contributed by atoms with E-state index in [2.05, 4.69) is 15.9 Å². The van der Waals surface area contributed by atoms with Crippen molar-refractivity contribution in [1.29, 1.82) is 0 Å². The van der Waals surface area contributed by atoms with Crippen molar-refractivity contribution in [3.05, 3.63) is 34.3 Å². The van der Waals surface area contributed by atoms with Crippen molar-refractivity contribution in [2.24, 2.45) is 0 Å². The highest BCUT2D eigenvalue weighted by atomic mass is 79.9. The average molecular weight is 326 g/mol. The Morgan fingerprint density at radius 1 is 1.16 bits per heavy atom. The molecule has 0 radical (unpaired) electrons. The molecule has 2 rings (SSSR count). The van der Waals surface area contributed by atoms with E-state index in [1.165, 1.54) is 0 Å². The van der Waals surface area contributed by atoms with Gasteiger partial charge in [0, 0.05) is 17.6 Å². The molecule has 0 aliphatic carbocycles. The Bertz CT molecular complexity index is 481. The van der Waals surface area contributed by atoms with Crippen LogP contribution in [0.4, 0.5) is 0 Å². The summed E-state index contributed by atoms with van der Waals surface area (Å²) in [6.07, 6.45) is 0. The third-order valence-electron chi connectivity index (χ3n) is 3.09. The Labute approximate surface area is 123 Å². The first-order valence-corrected chi connectivity index (χ1v) is 7.23. The molecule has 0 aromatic heterocycles. The lowest BCUT2D eigenvalue weighted by molar-refractivity contribution is -0.171. The van der Waals surface area contributed by atoms with E-state index in [4.69, 9.17) is 4.74 Å². The van der Waals surface area contributed by atoms with Crippen molar-refractivity contribution in [3.63, 3.8) is 0 Å². The molecular weight excluding hydrogens is 306 g/mol. The predicted octanol–water partition coefficient (Wildman–Crippen LogP) is 3.48. The summed E-state index contributed by atoms with van der Waals surface area (Å²) in [5.41, 5.74) is 0.0631. The van der Waals surface area contributed by atoms with Crippen LogP contribution in [0, 0.1) is 0 Å². The van der Waals surface area contributed by atoms with Crippen LogP contribution in [0.2, 0.25) is 0 Å². The number of rotatable bonds is 1. The first kappa shape index (κ1) is 14.5. The Morgan fingerprint density at radius 2 is 1.68 bits per heavy atom. The van der Waals surface area contributed by atoms with E-state index in [1.54, 1.807) is 0 Å². The van der Waals surface area contributed by atoms with Crippen LogP contribution in [0.3, 0.4) is 0 Å². The molecule has 0 bridgehead atoms. The maximum absolute atomic E-state index is 12.6. The fraction of sp³-hybridized carbons (Fsp3) is 0.533. The van der Waals surface area contributed by atoms with Crippen molar-refractivity contribution in [2.45, 2.75) is 38.9 Å². The quantitative estimate of drug-likeness (QED) is 0.791. The van der Waals surface area contributed by atoms with Crippen LogP contribution < -0.4 is 0 Å². The summed E-state index contributed by atoms with van der Waals surface area (Å²) in [5.74, 6) is 0.0527. The van der Waals surface area contributed by atoms with Gasteiger partial charge in [-0.05, 0) is 55.8 Å². The standard InChI is InChI=1S/C15H20BrNO2/c1-14(2)9-17(10-15(3,4)19-14)13(18)11-7-5-6-8-12(11)16/h5-8H,9-10H2,1-4H3. The summed E-state index contributed by atoms with van der Waals surface area (Å²) in [6.45, 7) is 9.30. The number of ether oxygens (including phenoxy) is 1. The molecule has 1 aromatic rings. The number of hydrogen-bond acceptors (Lipinski definition) is 2. The van der Waals surface area contributed by atoms with Crippen LogP contribution in [-0.2, 0) is 4.74 Å². The summed E-state index contributed by atoms with van der Waals surface area (Å²) in [4.78, 5) is 14.5. The number of hydrogen-bond donors (Lipinski definition) is 0. The molecule has 3 nitrogen and oxygen atoms in total. The molecule has 1 fully saturated rings. The zero-order chi connectivity index (χ0) is 14.3. The molecule has 1 amide bonds. The summed E-state index contributed by atoms with van der Waals surface area (Å²) in [6, 6.07) is 7.54. The predicted molar refractivity (Wildman–Crippen MR) is 79.3 cm³/mol. The van der Waals surface area contributed by atoms with Gasteiger partial charge in [-0.2, -0.15) is 0 Å². The van der Waals surface area contributed by atoms with Gasteiger partial charge in [0.1, 0.15) is 0 Å². The molecule has 1 heterocycles. The Morgan fingerprint density at radius 3 is 2.21 bits per heavy atom. The molecule has 1 aliphatic rings. The minimum absolute atomic E-state index is 0.0527. The number of carbonyl (C=O) groups excluding carboxylic acids is 1. The maximum Gasteiger partial charge on any atom is 0.255 e. The second kappa shape index (κ2) is 4.91. The van der Waals surface area contributed by atoms with Crippen molar-refractivity contribution >= 4 is 21.8 Å². The summed E-state index contributed by atoms with van der Waals surface area (Å²) < 4.78 is 6.84. The van der Waals surface area contributed by atoms with Crippen LogP contribution in [0.5, 0.6) is 0 Å². The zero-order valence-corrected chi connectivity index (χ0v) is 13.5. The third-order valence-corrected chi connectivity index (χ3v) is 3.78. The highest BCUT2D eigenvalue weighted by Crippen LogP contribution is 2.30. The lowest BCUT2D eigenvalue weighted by atomic mass is 9.98. The lowest BCUT2D eigenvalue weighted by Gasteiger charge is -2.47. The average Bonchev–Trinajstić information content (AvgIpc) is 2.24. The van der Waals surface area contributed by atoms with E-state index in [-0.39, 0.29) is 17.1 Å². The smallest absolute Gasteiger partial charge is 0.255 e. The monoisotopic (exact) mass is 325 g/mol. The van der Waals surface area contributed by atoms with E-state index in [0.29, 0.717) is 18.7 Å². The SMILES string of the molecule is CC1(C)CN(C(=O)c2ccccc2Br)CC(C)(C)O1. The summed E-state index contributed by atoms with van der Waals surface area (Å²) in [5, 5.41) is 0. The van der Waals surface area contributed by atoms with E-state index in [9.17, 15) is 4.79 Å². The van der Waals surface area contributed by atoms with Crippen molar-refractivity contribution in [2.75, 3.05) is 13.1 Å². The number of amides is 1. The summed E-state index contributed by atoms with van der Waals surface area (Å²) in [7, 11) is 0. The molecular formula is C15H20BrNO2. The first-order chi connectivity index (χ1) is 8.70. The van der Waals surface area contributed by atoms with Crippen LogP contribution in [0.15, 0.2) is 28.7 Å². The molecule has 0 N–H and O–H groups in total. The van der Waals surface area contributed by atoms with Gasteiger partial charge < -0.3 is 9.64 Å². The van der Waals surface area contributed by atoms with Gasteiger partial charge in [-0.15, -0.1) is 0 Å². The van der Waals surface area contributed by atoms with E-state index < -0.39 is 0 Å². The zero-order valence-electron chi connectivity index (χ0n) is 11.9. The molecule has 0 saturated carbocycles. The van der Waals surface area contributed by atoms with Gasteiger partial charge in [0.05, 0.1) is 16.8 Å². The molecule has 19 heavy (non-hydrogen) atoms. The van der Waals surface area contributed by atoms with Gasteiger partial charge >= 0.3 is 0 Å². The Kier molecular flexibility index (Phi) is 3.76. The molecule has 0 unspecified atom stereocenters. The van der Waals surface area contributed by atoms with Gasteiger partial charge in [0.15, 0.2) is 0 Å². The van der Waals surface area contributed by atoms with Gasteiger partial charge in [0.2, 0.25) is 0 Å². The van der Waals surface area contributed by atoms with Gasteiger partial charge in [-0.25, -0.2) is 0 Å². The van der Waals surface area contributed by atoms with Gasteiger partial charge in [-0.1, -0.05) is 12.1 Å². The van der Waals surface area contributed by atoms with E-state index >= 15 is 0 Å². The van der Waals surface area contributed by atoms with Crippen molar-refractivity contribution in [1.82, 2.24) is 4.90 Å². The fourth-order valence-corrected chi connectivity index (χ4v) is 3.19.